The van der Waals surface area contributed by atoms with Crippen LogP contribution in [0.4, 0.5) is 0 Å². The van der Waals surface area contributed by atoms with E-state index in [1.54, 1.807) is 25.0 Å². The molecule has 0 unspecified atom stereocenters. The van der Waals surface area contributed by atoms with Crippen molar-refractivity contribution in [2.24, 2.45) is 14.1 Å². The Morgan fingerprint density at radius 3 is 2.59 bits per heavy atom. The summed E-state index contributed by atoms with van der Waals surface area (Å²) in [5.74, 6) is 0.0965. The van der Waals surface area contributed by atoms with E-state index in [1.165, 1.54) is 20.5 Å². The summed E-state index contributed by atoms with van der Waals surface area (Å²) in [5, 5.41) is 1.92. The molecule has 10 heteroatoms. The van der Waals surface area contributed by atoms with Gasteiger partial charge < -0.3 is 9.47 Å². The zero-order valence-electron chi connectivity index (χ0n) is 16.6. The van der Waals surface area contributed by atoms with Crippen molar-refractivity contribution in [2.75, 3.05) is 32.7 Å². The predicted octanol–water partition coefficient (Wildman–Crippen LogP) is 0.343. The smallest absolute Gasteiger partial charge is 0.332 e. The van der Waals surface area contributed by atoms with Gasteiger partial charge in [-0.3, -0.25) is 23.6 Å². The molecule has 1 aliphatic heterocycles. The van der Waals surface area contributed by atoms with E-state index in [4.69, 9.17) is 0 Å². The summed E-state index contributed by atoms with van der Waals surface area (Å²) in [6.45, 7) is 4.12. The Morgan fingerprint density at radius 2 is 1.90 bits per heavy atom. The van der Waals surface area contributed by atoms with E-state index in [1.807, 2.05) is 22.4 Å². The van der Waals surface area contributed by atoms with Crippen molar-refractivity contribution in [2.45, 2.75) is 13.0 Å². The third-order valence-corrected chi connectivity index (χ3v) is 6.31. The highest BCUT2D eigenvalue weighted by Gasteiger charge is 2.22. The van der Waals surface area contributed by atoms with E-state index in [2.05, 4.69) is 9.88 Å². The SMILES string of the molecule is Cn1cnc2c1c(=O)n(CCCN1CCN(C(=O)c3cccs3)CC1)c(=O)n2C. The molecule has 3 aromatic heterocycles. The third kappa shape index (κ3) is 3.65. The molecule has 1 saturated heterocycles. The van der Waals surface area contributed by atoms with Crippen LogP contribution in [0.1, 0.15) is 16.1 Å². The third-order valence-electron chi connectivity index (χ3n) is 5.45. The average molecular weight is 417 g/mol. The fraction of sp³-hybridized carbons (Fsp3) is 0.474. The molecule has 29 heavy (non-hydrogen) atoms. The molecule has 3 aromatic rings. The number of aromatic nitrogens is 4. The number of imidazole rings is 1. The fourth-order valence-electron chi connectivity index (χ4n) is 3.78. The number of hydrogen-bond donors (Lipinski definition) is 0. The minimum Gasteiger partial charge on any atom is -0.335 e. The highest BCUT2D eigenvalue weighted by atomic mass is 32.1. The molecule has 0 aromatic carbocycles. The van der Waals surface area contributed by atoms with Gasteiger partial charge in [-0.2, -0.15) is 0 Å². The highest BCUT2D eigenvalue weighted by molar-refractivity contribution is 7.12. The van der Waals surface area contributed by atoms with Gasteiger partial charge in [0.2, 0.25) is 0 Å². The summed E-state index contributed by atoms with van der Waals surface area (Å²) in [7, 11) is 3.39. The van der Waals surface area contributed by atoms with Gasteiger partial charge in [-0.15, -0.1) is 11.3 Å². The Hall–Kier alpha value is -2.72. The van der Waals surface area contributed by atoms with Crippen molar-refractivity contribution < 1.29 is 4.79 Å². The topological polar surface area (TPSA) is 85.4 Å². The molecule has 0 bridgehead atoms. The van der Waals surface area contributed by atoms with E-state index >= 15 is 0 Å². The molecule has 9 nitrogen and oxygen atoms in total. The fourth-order valence-corrected chi connectivity index (χ4v) is 4.47. The summed E-state index contributed by atoms with van der Waals surface area (Å²) in [6, 6.07) is 3.75. The molecule has 4 rings (SSSR count). The number of amides is 1. The molecule has 0 saturated carbocycles. The first-order valence-corrected chi connectivity index (χ1v) is 10.5. The summed E-state index contributed by atoms with van der Waals surface area (Å²) in [5.41, 5.74) is 0.208. The Bertz CT molecular complexity index is 1140. The summed E-state index contributed by atoms with van der Waals surface area (Å²) in [6.07, 6.45) is 2.24. The summed E-state index contributed by atoms with van der Waals surface area (Å²) >= 11 is 1.47. The van der Waals surface area contributed by atoms with Gasteiger partial charge in [0.25, 0.3) is 11.5 Å². The first-order chi connectivity index (χ1) is 14.0. The van der Waals surface area contributed by atoms with E-state index in [-0.39, 0.29) is 17.2 Å². The molecule has 4 heterocycles. The summed E-state index contributed by atoms with van der Waals surface area (Å²) in [4.78, 5) is 46.8. The van der Waals surface area contributed by atoms with Crippen LogP contribution in [0.3, 0.4) is 0 Å². The number of aryl methyl sites for hydroxylation is 2. The first kappa shape index (κ1) is 19.6. The van der Waals surface area contributed by atoms with Crippen molar-refractivity contribution in [1.82, 2.24) is 28.5 Å². The molecule has 0 N–H and O–H groups in total. The second-order valence-corrected chi connectivity index (χ2v) is 8.24. The van der Waals surface area contributed by atoms with Crippen molar-refractivity contribution in [3.05, 3.63) is 49.6 Å². The van der Waals surface area contributed by atoms with Gasteiger partial charge >= 0.3 is 5.69 Å². The number of hydrogen-bond acceptors (Lipinski definition) is 6. The summed E-state index contributed by atoms with van der Waals surface area (Å²) < 4.78 is 4.36. The Labute approximate surface area is 171 Å². The molecule has 0 radical (unpaired) electrons. The molecule has 0 aliphatic carbocycles. The van der Waals surface area contributed by atoms with Crippen LogP contribution in [0, 0.1) is 0 Å². The normalized spacial score (nSPS) is 15.3. The van der Waals surface area contributed by atoms with E-state index in [0.717, 1.165) is 24.5 Å². The maximum Gasteiger partial charge on any atom is 0.332 e. The van der Waals surface area contributed by atoms with Crippen LogP contribution in [-0.2, 0) is 20.6 Å². The molecule has 1 fully saturated rings. The number of piperazine rings is 1. The second kappa shape index (κ2) is 7.96. The van der Waals surface area contributed by atoms with Gasteiger partial charge in [0.1, 0.15) is 0 Å². The van der Waals surface area contributed by atoms with Crippen molar-refractivity contribution in [3.63, 3.8) is 0 Å². The van der Waals surface area contributed by atoms with Gasteiger partial charge in [0.05, 0.1) is 11.2 Å². The number of thiophene rings is 1. The number of nitrogens with zero attached hydrogens (tertiary/aromatic N) is 6. The first-order valence-electron chi connectivity index (χ1n) is 9.63. The van der Waals surface area contributed by atoms with Crippen LogP contribution in [0.5, 0.6) is 0 Å². The van der Waals surface area contributed by atoms with Crippen LogP contribution < -0.4 is 11.2 Å². The largest absolute Gasteiger partial charge is 0.335 e. The van der Waals surface area contributed by atoms with Crippen LogP contribution >= 0.6 is 11.3 Å². The minimum absolute atomic E-state index is 0.0965. The zero-order chi connectivity index (χ0) is 20.5. The standard InChI is InChI=1S/C19H24N6O3S/c1-21-13-20-16-15(21)18(27)25(19(28)22(16)2)7-4-6-23-8-10-24(11-9-23)17(26)14-5-3-12-29-14/h3,5,12-13H,4,6-11H2,1-2H3. The Kier molecular flexibility index (Phi) is 5.37. The molecule has 0 atom stereocenters. The Morgan fingerprint density at radius 1 is 1.14 bits per heavy atom. The van der Waals surface area contributed by atoms with E-state index in [9.17, 15) is 14.4 Å². The lowest BCUT2D eigenvalue weighted by atomic mass is 10.2. The number of carbonyl (C=O) groups excluding carboxylic acids is 1. The average Bonchev–Trinajstić information content (AvgIpc) is 3.39. The minimum atomic E-state index is -0.340. The molecule has 1 aliphatic rings. The molecule has 154 valence electrons. The molecule has 1 amide bonds. The van der Waals surface area contributed by atoms with Gasteiger partial charge in [0.15, 0.2) is 11.2 Å². The molecule has 0 spiro atoms. The van der Waals surface area contributed by atoms with E-state index in [0.29, 0.717) is 37.2 Å². The number of carbonyl (C=O) groups is 1. The maximum atomic E-state index is 12.7. The predicted molar refractivity (Wildman–Crippen MR) is 111 cm³/mol. The zero-order valence-corrected chi connectivity index (χ0v) is 17.4. The highest BCUT2D eigenvalue weighted by Crippen LogP contribution is 2.14. The van der Waals surface area contributed by atoms with E-state index < -0.39 is 0 Å². The quantitative estimate of drug-likeness (QED) is 0.599. The van der Waals surface area contributed by atoms with Crippen molar-refractivity contribution in [1.29, 1.82) is 0 Å². The van der Waals surface area contributed by atoms with Crippen LogP contribution in [0.25, 0.3) is 11.2 Å². The van der Waals surface area contributed by atoms with Crippen molar-refractivity contribution in [3.8, 4) is 0 Å². The lowest BCUT2D eigenvalue weighted by Crippen LogP contribution is -2.49. The van der Waals surface area contributed by atoms with Crippen LogP contribution in [0.15, 0.2) is 33.4 Å². The maximum absolute atomic E-state index is 12.7. The van der Waals surface area contributed by atoms with Crippen LogP contribution in [-0.4, -0.2) is 67.1 Å². The van der Waals surface area contributed by atoms with Gasteiger partial charge in [0, 0.05) is 46.8 Å². The molecular weight excluding hydrogens is 392 g/mol. The van der Waals surface area contributed by atoms with Crippen LogP contribution in [0.2, 0.25) is 0 Å². The van der Waals surface area contributed by atoms with Gasteiger partial charge in [-0.1, -0.05) is 6.07 Å². The van der Waals surface area contributed by atoms with Gasteiger partial charge in [-0.25, -0.2) is 9.78 Å². The van der Waals surface area contributed by atoms with Crippen molar-refractivity contribution >= 4 is 28.4 Å². The molecular formula is C19H24N6O3S. The number of fused-ring (bicyclic) bond motifs is 1. The Balaban J connectivity index is 1.36. The lowest BCUT2D eigenvalue weighted by molar-refractivity contribution is 0.0639. The monoisotopic (exact) mass is 416 g/mol. The lowest BCUT2D eigenvalue weighted by Gasteiger charge is -2.34. The van der Waals surface area contributed by atoms with Gasteiger partial charge in [-0.05, 0) is 24.4 Å². The second-order valence-electron chi connectivity index (χ2n) is 7.29. The number of rotatable bonds is 5.